The Kier molecular flexibility index (Phi) is 5.08. The highest BCUT2D eigenvalue weighted by molar-refractivity contribution is 6.00. The lowest BCUT2D eigenvalue weighted by Gasteiger charge is -2.13. The third-order valence-electron chi connectivity index (χ3n) is 5.07. The van der Waals surface area contributed by atoms with E-state index in [0.29, 0.717) is 17.1 Å². The fourth-order valence-corrected chi connectivity index (χ4v) is 3.32. The van der Waals surface area contributed by atoms with Crippen molar-refractivity contribution >= 4 is 11.6 Å². The van der Waals surface area contributed by atoms with Crippen LogP contribution in [0.2, 0.25) is 0 Å². The van der Waals surface area contributed by atoms with Crippen molar-refractivity contribution in [2.24, 2.45) is 0 Å². The van der Waals surface area contributed by atoms with Crippen LogP contribution in [0.5, 0.6) is 0 Å². The molecule has 0 aliphatic rings. The van der Waals surface area contributed by atoms with Crippen molar-refractivity contribution in [2.75, 3.05) is 0 Å². The smallest absolute Gasteiger partial charge is 0.257 e. The Morgan fingerprint density at radius 2 is 1.66 bits per heavy atom. The maximum Gasteiger partial charge on any atom is 0.257 e. The molecule has 6 heteroatoms. The van der Waals surface area contributed by atoms with Crippen LogP contribution in [0.25, 0.3) is 16.9 Å². The molecule has 0 aliphatic heterocycles. The van der Waals surface area contributed by atoms with Gasteiger partial charge in [0.2, 0.25) is 0 Å². The Balaban J connectivity index is 1.64. The molecule has 4 rings (SSSR count). The Hall–Kier alpha value is -3.54. The number of benzene rings is 1. The summed E-state index contributed by atoms with van der Waals surface area (Å²) in [4.78, 5) is 21.3. The molecular weight excluding hydrogens is 362 g/mol. The summed E-state index contributed by atoms with van der Waals surface area (Å²) >= 11 is 0. The topological polar surface area (TPSA) is 72.2 Å². The molecule has 3 heterocycles. The van der Waals surface area contributed by atoms with Crippen molar-refractivity contribution in [3.05, 3.63) is 83.9 Å². The van der Waals surface area contributed by atoms with Gasteiger partial charge in [-0.15, -0.1) is 0 Å². The number of carbonyl (C=O) groups is 1. The highest BCUT2D eigenvalue weighted by Crippen LogP contribution is 2.24. The molecule has 4 aromatic rings. The standard InChI is InChI=1S/C23H23N5O/c1-15(2)17-4-6-19(7-5-17)21-10-13-25-22-20(14-26-28(21)22)23(29)27-16(3)18-8-11-24-12-9-18/h4-16H,1-3H3,(H,27,29)/t16-/m1/s1. The SMILES string of the molecule is CC(C)c1ccc(-c2ccnc3c(C(=O)N[C@H](C)c4ccncc4)cnn23)cc1. The number of hydrogen-bond donors (Lipinski definition) is 1. The van der Waals surface area contributed by atoms with Gasteiger partial charge >= 0.3 is 0 Å². The van der Waals surface area contributed by atoms with E-state index < -0.39 is 0 Å². The van der Waals surface area contributed by atoms with Gasteiger partial charge in [-0.1, -0.05) is 38.1 Å². The van der Waals surface area contributed by atoms with E-state index in [4.69, 9.17) is 0 Å². The molecule has 1 amide bonds. The second kappa shape index (κ2) is 7.83. The molecule has 29 heavy (non-hydrogen) atoms. The van der Waals surface area contributed by atoms with Crippen molar-refractivity contribution < 1.29 is 4.79 Å². The minimum absolute atomic E-state index is 0.146. The lowest BCUT2D eigenvalue weighted by Crippen LogP contribution is -2.26. The van der Waals surface area contributed by atoms with Gasteiger partial charge in [0.1, 0.15) is 5.56 Å². The summed E-state index contributed by atoms with van der Waals surface area (Å²) in [5.41, 5.74) is 5.18. The number of aromatic nitrogens is 4. The van der Waals surface area contributed by atoms with E-state index in [1.54, 1.807) is 29.3 Å². The second-order valence-electron chi connectivity index (χ2n) is 7.38. The van der Waals surface area contributed by atoms with Crippen LogP contribution < -0.4 is 5.32 Å². The van der Waals surface area contributed by atoms with Gasteiger partial charge in [-0.2, -0.15) is 5.10 Å². The van der Waals surface area contributed by atoms with Gasteiger partial charge < -0.3 is 5.32 Å². The first-order valence-electron chi connectivity index (χ1n) is 9.68. The highest BCUT2D eigenvalue weighted by atomic mass is 16.1. The molecule has 0 aliphatic carbocycles. The summed E-state index contributed by atoms with van der Waals surface area (Å²) < 4.78 is 1.72. The largest absolute Gasteiger partial charge is 0.345 e. The van der Waals surface area contributed by atoms with Gasteiger partial charge in [-0.25, -0.2) is 9.50 Å². The van der Waals surface area contributed by atoms with Crippen molar-refractivity contribution in [2.45, 2.75) is 32.7 Å². The summed E-state index contributed by atoms with van der Waals surface area (Å²) in [6.07, 6.45) is 6.71. The molecular formula is C23H23N5O. The van der Waals surface area contributed by atoms with Crippen molar-refractivity contribution in [1.82, 2.24) is 24.9 Å². The second-order valence-corrected chi connectivity index (χ2v) is 7.38. The predicted octanol–water partition coefficient (Wildman–Crippen LogP) is 4.41. The Morgan fingerprint density at radius 3 is 2.34 bits per heavy atom. The first kappa shape index (κ1) is 18.8. The molecule has 1 N–H and O–H groups in total. The Morgan fingerprint density at radius 1 is 0.931 bits per heavy atom. The third kappa shape index (κ3) is 3.74. The molecule has 3 aromatic heterocycles. The fraction of sp³-hybridized carbons (Fsp3) is 0.217. The predicted molar refractivity (Wildman–Crippen MR) is 113 cm³/mol. The zero-order chi connectivity index (χ0) is 20.4. The molecule has 146 valence electrons. The lowest BCUT2D eigenvalue weighted by molar-refractivity contribution is 0.0941. The Labute approximate surface area is 169 Å². The number of hydrogen-bond acceptors (Lipinski definition) is 4. The Bertz CT molecular complexity index is 1130. The van der Waals surface area contributed by atoms with E-state index in [1.165, 1.54) is 5.56 Å². The number of nitrogens with one attached hydrogen (secondary N) is 1. The number of pyridine rings is 1. The molecule has 0 saturated heterocycles. The van der Waals surface area contributed by atoms with Crippen molar-refractivity contribution in [1.29, 1.82) is 0 Å². The molecule has 0 bridgehead atoms. The molecule has 6 nitrogen and oxygen atoms in total. The molecule has 1 atom stereocenters. The summed E-state index contributed by atoms with van der Waals surface area (Å²) in [7, 11) is 0. The third-order valence-corrected chi connectivity index (χ3v) is 5.07. The van der Waals surface area contributed by atoms with E-state index in [0.717, 1.165) is 16.8 Å². The first-order chi connectivity index (χ1) is 14.0. The van der Waals surface area contributed by atoms with Crippen molar-refractivity contribution in [3.63, 3.8) is 0 Å². The van der Waals surface area contributed by atoms with Gasteiger partial charge in [-0.3, -0.25) is 9.78 Å². The fourth-order valence-electron chi connectivity index (χ4n) is 3.32. The van der Waals surface area contributed by atoms with E-state index in [2.05, 4.69) is 58.5 Å². The zero-order valence-corrected chi connectivity index (χ0v) is 16.7. The first-order valence-corrected chi connectivity index (χ1v) is 9.68. The van der Waals surface area contributed by atoms with Gasteiger partial charge in [-0.05, 0) is 42.2 Å². The maximum absolute atomic E-state index is 12.9. The number of amides is 1. The van der Waals surface area contributed by atoms with Crippen molar-refractivity contribution in [3.8, 4) is 11.3 Å². The van der Waals surface area contributed by atoms with Crippen LogP contribution in [0.4, 0.5) is 0 Å². The number of carbonyl (C=O) groups excluding carboxylic acids is 1. The molecule has 0 saturated carbocycles. The van der Waals surface area contributed by atoms with Crippen LogP contribution in [-0.2, 0) is 0 Å². The maximum atomic E-state index is 12.9. The van der Waals surface area contributed by atoms with Gasteiger partial charge in [0.15, 0.2) is 5.65 Å². The van der Waals surface area contributed by atoms with Crippen LogP contribution in [0.1, 0.15) is 54.2 Å². The number of nitrogens with zero attached hydrogens (tertiary/aromatic N) is 4. The number of fused-ring (bicyclic) bond motifs is 1. The monoisotopic (exact) mass is 385 g/mol. The van der Waals surface area contributed by atoms with Crippen LogP contribution in [0, 0.1) is 0 Å². The van der Waals surface area contributed by atoms with E-state index in [9.17, 15) is 4.79 Å². The normalized spacial score (nSPS) is 12.3. The minimum atomic E-state index is -0.205. The number of rotatable bonds is 5. The summed E-state index contributed by atoms with van der Waals surface area (Å²) in [5, 5.41) is 7.45. The molecule has 0 spiro atoms. The van der Waals surface area contributed by atoms with E-state index in [-0.39, 0.29) is 11.9 Å². The van der Waals surface area contributed by atoms with Crippen LogP contribution in [-0.4, -0.2) is 25.5 Å². The van der Waals surface area contributed by atoms with E-state index >= 15 is 0 Å². The molecule has 1 aromatic carbocycles. The average Bonchev–Trinajstić information content (AvgIpc) is 3.19. The van der Waals surface area contributed by atoms with Crippen LogP contribution in [0.15, 0.2) is 67.3 Å². The average molecular weight is 385 g/mol. The van der Waals surface area contributed by atoms with Gasteiger partial charge in [0.25, 0.3) is 5.91 Å². The lowest BCUT2D eigenvalue weighted by atomic mass is 10.0. The van der Waals surface area contributed by atoms with E-state index in [1.807, 2.05) is 25.1 Å². The summed E-state index contributed by atoms with van der Waals surface area (Å²) in [6.45, 7) is 6.28. The highest BCUT2D eigenvalue weighted by Gasteiger charge is 2.18. The van der Waals surface area contributed by atoms with Gasteiger partial charge in [0, 0.05) is 24.2 Å². The zero-order valence-electron chi connectivity index (χ0n) is 16.7. The minimum Gasteiger partial charge on any atom is -0.345 e. The molecule has 0 fully saturated rings. The quantitative estimate of drug-likeness (QED) is 0.552. The van der Waals surface area contributed by atoms with Crippen LogP contribution >= 0.6 is 0 Å². The summed E-state index contributed by atoms with van der Waals surface area (Å²) in [6, 6.07) is 13.9. The summed E-state index contributed by atoms with van der Waals surface area (Å²) in [5.74, 6) is 0.271. The molecule has 0 unspecified atom stereocenters. The van der Waals surface area contributed by atoms with Crippen LogP contribution in [0.3, 0.4) is 0 Å². The molecule has 0 radical (unpaired) electrons. The van der Waals surface area contributed by atoms with Gasteiger partial charge in [0.05, 0.1) is 17.9 Å².